The molecule has 5 nitrogen and oxygen atoms in total. The van der Waals surface area contributed by atoms with Crippen molar-refractivity contribution in [1.29, 1.82) is 0 Å². The number of hydrogen-bond donors (Lipinski definition) is 2. The van der Waals surface area contributed by atoms with Crippen LogP contribution >= 0.6 is 0 Å². The molecule has 2 rings (SSSR count). The minimum atomic E-state index is -1.02. The molecule has 74 valence electrons. The molecule has 5 heteroatoms. The van der Waals surface area contributed by atoms with Crippen molar-refractivity contribution in [3.63, 3.8) is 0 Å². The second kappa shape index (κ2) is 2.60. The van der Waals surface area contributed by atoms with Gasteiger partial charge in [0.1, 0.15) is 10.9 Å². The van der Waals surface area contributed by atoms with Gasteiger partial charge < -0.3 is 9.52 Å². The van der Waals surface area contributed by atoms with E-state index in [4.69, 9.17) is 9.52 Å². The van der Waals surface area contributed by atoms with E-state index in [-0.39, 0.29) is 0 Å². The number of carboxylic acids is 1. The van der Waals surface area contributed by atoms with Crippen molar-refractivity contribution in [2.45, 2.75) is 19.3 Å². The summed E-state index contributed by atoms with van der Waals surface area (Å²) in [5.74, 6) is -0.917. The fourth-order valence-corrected chi connectivity index (χ4v) is 1.28. The van der Waals surface area contributed by atoms with Gasteiger partial charge in [0.2, 0.25) is 0 Å². The molecule has 0 aliphatic carbocycles. The van der Waals surface area contributed by atoms with E-state index in [0.717, 1.165) is 0 Å². The molecule has 0 unspecified atom stereocenters. The van der Waals surface area contributed by atoms with Crippen LogP contribution in [0.15, 0.2) is 16.7 Å². The standard InChI is InChI=1S/C9H10N2O3/c1-9(2,8(12)13)7-6-5(10-11-7)3-4-14-6/h3-4H,1-2H3,(H,10,11)(H,12,13). The Kier molecular flexibility index (Phi) is 1.64. The third-order valence-corrected chi connectivity index (χ3v) is 2.32. The van der Waals surface area contributed by atoms with Gasteiger partial charge in [0, 0.05) is 6.07 Å². The highest BCUT2D eigenvalue weighted by atomic mass is 16.4. The van der Waals surface area contributed by atoms with Gasteiger partial charge in [-0.3, -0.25) is 9.89 Å². The van der Waals surface area contributed by atoms with Crippen LogP contribution in [0.1, 0.15) is 19.5 Å². The maximum Gasteiger partial charge on any atom is 0.315 e. The van der Waals surface area contributed by atoms with E-state index >= 15 is 0 Å². The largest absolute Gasteiger partial charge is 0.481 e. The predicted molar refractivity (Wildman–Crippen MR) is 49.0 cm³/mol. The molecular weight excluding hydrogens is 184 g/mol. The molecule has 0 aliphatic heterocycles. The van der Waals surface area contributed by atoms with Crippen LogP contribution in [0.4, 0.5) is 0 Å². The van der Waals surface area contributed by atoms with Gasteiger partial charge in [0.05, 0.1) is 12.0 Å². The predicted octanol–water partition coefficient (Wildman–Crippen LogP) is 1.52. The first-order valence-corrected chi connectivity index (χ1v) is 4.19. The first kappa shape index (κ1) is 8.80. The topological polar surface area (TPSA) is 79.1 Å². The second-order valence-electron chi connectivity index (χ2n) is 3.66. The van der Waals surface area contributed by atoms with Crippen LogP contribution in [0.2, 0.25) is 0 Å². The van der Waals surface area contributed by atoms with Crippen LogP contribution in [-0.2, 0) is 10.2 Å². The molecule has 0 amide bonds. The number of aromatic nitrogens is 2. The number of aromatic amines is 1. The molecule has 0 fully saturated rings. The fraction of sp³-hybridized carbons (Fsp3) is 0.333. The lowest BCUT2D eigenvalue weighted by Gasteiger charge is -2.15. The molecule has 14 heavy (non-hydrogen) atoms. The Balaban J connectivity index is 2.64. The van der Waals surface area contributed by atoms with Gasteiger partial charge in [0.15, 0.2) is 5.58 Å². The number of H-pyrrole nitrogens is 1. The Bertz CT molecular complexity index is 481. The van der Waals surface area contributed by atoms with Crippen molar-refractivity contribution < 1.29 is 14.3 Å². The van der Waals surface area contributed by atoms with Crippen LogP contribution in [-0.4, -0.2) is 21.3 Å². The summed E-state index contributed by atoms with van der Waals surface area (Å²) in [6.07, 6.45) is 1.49. The monoisotopic (exact) mass is 194 g/mol. The fourth-order valence-electron chi connectivity index (χ4n) is 1.28. The Morgan fingerprint density at radius 1 is 1.64 bits per heavy atom. The number of nitrogens with zero attached hydrogens (tertiary/aromatic N) is 1. The highest BCUT2D eigenvalue weighted by Crippen LogP contribution is 2.28. The van der Waals surface area contributed by atoms with Crippen LogP contribution in [0.25, 0.3) is 11.1 Å². The SMILES string of the molecule is CC(C)(C(=O)O)c1[nH]nc2ccoc12. The lowest BCUT2D eigenvalue weighted by Crippen LogP contribution is -2.29. The van der Waals surface area contributed by atoms with E-state index in [0.29, 0.717) is 16.8 Å². The van der Waals surface area contributed by atoms with Gasteiger partial charge in [-0.1, -0.05) is 0 Å². The summed E-state index contributed by atoms with van der Waals surface area (Å²) >= 11 is 0. The first-order valence-electron chi connectivity index (χ1n) is 4.19. The molecule has 0 atom stereocenters. The third-order valence-electron chi connectivity index (χ3n) is 2.32. The average molecular weight is 194 g/mol. The normalized spacial score (nSPS) is 12.1. The Hall–Kier alpha value is -1.78. The Labute approximate surface area is 79.7 Å². The maximum absolute atomic E-state index is 11.0. The smallest absolute Gasteiger partial charge is 0.315 e. The highest BCUT2D eigenvalue weighted by molar-refractivity contribution is 5.86. The van der Waals surface area contributed by atoms with E-state index in [1.54, 1.807) is 19.9 Å². The van der Waals surface area contributed by atoms with Crippen molar-refractivity contribution in [2.24, 2.45) is 0 Å². The Morgan fingerprint density at radius 3 is 3.00 bits per heavy atom. The van der Waals surface area contributed by atoms with E-state index in [1.165, 1.54) is 6.26 Å². The van der Waals surface area contributed by atoms with E-state index in [1.807, 2.05) is 0 Å². The summed E-state index contributed by atoms with van der Waals surface area (Å²) < 4.78 is 5.17. The van der Waals surface area contributed by atoms with Crippen LogP contribution in [0.5, 0.6) is 0 Å². The number of aliphatic carboxylic acids is 1. The molecule has 0 spiro atoms. The van der Waals surface area contributed by atoms with Crippen LogP contribution in [0, 0.1) is 0 Å². The zero-order valence-corrected chi connectivity index (χ0v) is 7.87. The molecule has 0 saturated heterocycles. The summed E-state index contributed by atoms with van der Waals surface area (Å²) in [4.78, 5) is 11.0. The lowest BCUT2D eigenvalue weighted by molar-refractivity contribution is -0.142. The van der Waals surface area contributed by atoms with Crippen molar-refractivity contribution >= 4 is 17.1 Å². The van der Waals surface area contributed by atoms with Gasteiger partial charge in [0.25, 0.3) is 0 Å². The maximum atomic E-state index is 11.0. The van der Waals surface area contributed by atoms with Crippen molar-refractivity contribution in [1.82, 2.24) is 10.2 Å². The molecule has 2 heterocycles. The minimum absolute atomic E-state index is 0.491. The van der Waals surface area contributed by atoms with Gasteiger partial charge >= 0.3 is 5.97 Å². The van der Waals surface area contributed by atoms with Crippen LogP contribution in [0.3, 0.4) is 0 Å². The number of carboxylic acid groups (broad SMARTS) is 1. The summed E-state index contributed by atoms with van der Waals surface area (Å²) in [7, 11) is 0. The molecule has 0 radical (unpaired) electrons. The summed E-state index contributed by atoms with van der Waals surface area (Å²) in [6.45, 7) is 3.20. The van der Waals surface area contributed by atoms with Crippen molar-refractivity contribution in [3.05, 3.63) is 18.0 Å². The number of carbonyl (C=O) groups is 1. The first-order chi connectivity index (χ1) is 6.53. The molecule has 0 aliphatic rings. The quantitative estimate of drug-likeness (QED) is 0.759. The molecule has 2 aromatic heterocycles. The molecule has 2 aromatic rings. The number of fused-ring (bicyclic) bond motifs is 1. The molecule has 2 N–H and O–H groups in total. The van der Waals surface area contributed by atoms with Crippen LogP contribution < -0.4 is 0 Å². The highest BCUT2D eigenvalue weighted by Gasteiger charge is 2.34. The van der Waals surface area contributed by atoms with E-state index in [2.05, 4.69) is 10.2 Å². The van der Waals surface area contributed by atoms with Crippen molar-refractivity contribution in [2.75, 3.05) is 0 Å². The zero-order valence-electron chi connectivity index (χ0n) is 7.87. The summed E-state index contributed by atoms with van der Waals surface area (Å²) in [5, 5.41) is 15.7. The van der Waals surface area contributed by atoms with Gasteiger partial charge in [-0.2, -0.15) is 5.10 Å². The minimum Gasteiger partial charge on any atom is -0.481 e. The number of nitrogens with one attached hydrogen (secondary N) is 1. The summed E-state index contributed by atoms with van der Waals surface area (Å²) in [6, 6.07) is 1.69. The molecule has 0 aromatic carbocycles. The number of hydrogen-bond acceptors (Lipinski definition) is 3. The van der Waals surface area contributed by atoms with E-state index < -0.39 is 11.4 Å². The van der Waals surface area contributed by atoms with Gasteiger partial charge in [-0.05, 0) is 13.8 Å². The number of rotatable bonds is 2. The molecule has 0 bridgehead atoms. The average Bonchev–Trinajstić information content (AvgIpc) is 2.61. The third kappa shape index (κ3) is 1.02. The molecule has 0 saturated carbocycles. The molecular formula is C9H10N2O3. The van der Waals surface area contributed by atoms with Gasteiger partial charge in [-0.15, -0.1) is 0 Å². The Morgan fingerprint density at radius 2 is 2.36 bits per heavy atom. The second-order valence-corrected chi connectivity index (χ2v) is 3.66. The lowest BCUT2D eigenvalue weighted by atomic mass is 9.89. The number of furan rings is 1. The van der Waals surface area contributed by atoms with E-state index in [9.17, 15) is 4.79 Å². The van der Waals surface area contributed by atoms with Gasteiger partial charge in [-0.25, -0.2) is 0 Å². The zero-order chi connectivity index (χ0) is 10.3. The van der Waals surface area contributed by atoms with Crippen molar-refractivity contribution in [3.8, 4) is 0 Å². The summed E-state index contributed by atoms with van der Waals surface area (Å²) in [5.41, 5.74) is 0.629.